The van der Waals surface area contributed by atoms with E-state index in [9.17, 15) is 9.59 Å². The maximum atomic E-state index is 12.5. The topological polar surface area (TPSA) is 61.4 Å². The van der Waals surface area contributed by atoms with E-state index in [-0.39, 0.29) is 18.0 Å². The normalized spacial score (nSPS) is 16.9. The van der Waals surface area contributed by atoms with Crippen LogP contribution in [0.25, 0.3) is 0 Å². The highest BCUT2D eigenvalue weighted by Gasteiger charge is 2.31. The van der Waals surface area contributed by atoms with Gasteiger partial charge in [0.1, 0.15) is 0 Å². The van der Waals surface area contributed by atoms with Crippen molar-refractivity contribution in [2.24, 2.45) is 0 Å². The van der Waals surface area contributed by atoms with E-state index in [2.05, 4.69) is 16.7 Å². The second-order valence-corrected chi connectivity index (χ2v) is 6.45. The van der Waals surface area contributed by atoms with Crippen LogP contribution in [-0.2, 0) is 4.79 Å². The quantitative estimate of drug-likeness (QED) is 0.885. The van der Waals surface area contributed by atoms with Crippen molar-refractivity contribution in [2.75, 3.05) is 13.1 Å². The second-order valence-electron chi connectivity index (χ2n) is 5.47. The molecule has 0 aliphatic carbocycles. The number of hydrogen-bond acceptors (Lipinski definition) is 4. The molecular weight excluding hydrogens is 310 g/mol. The largest absolute Gasteiger partial charge is 0.336 e. The van der Waals surface area contributed by atoms with Crippen molar-refractivity contribution < 1.29 is 9.59 Å². The molecule has 2 atom stereocenters. The lowest BCUT2D eigenvalue weighted by Gasteiger charge is -2.24. The molecule has 3 amide bonds. The molecule has 1 aliphatic rings. The van der Waals surface area contributed by atoms with E-state index in [0.29, 0.717) is 13.1 Å². The summed E-state index contributed by atoms with van der Waals surface area (Å²) in [5.41, 5.74) is 1.10. The highest BCUT2D eigenvalue weighted by atomic mass is 32.1. The molecule has 0 spiro atoms. The Morgan fingerprint density at radius 1 is 1.26 bits per heavy atom. The number of carbonyl (C=O) groups is 2. The summed E-state index contributed by atoms with van der Waals surface area (Å²) >= 11 is 1.65. The average molecular weight is 329 g/mol. The Bertz CT molecular complexity index is 672. The lowest BCUT2D eigenvalue weighted by molar-refractivity contribution is -0.129. The average Bonchev–Trinajstić information content (AvgIpc) is 3.24. The SMILES string of the molecule is C[C@@H](N[C@H](c1ccccc1)c1cccs1)C(=O)N1CCNC1=O. The van der Waals surface area contributed by atoms with E-state index >= 15 is 0 Å². The molecule has 0 saturated carbocycles. The van der Waals surface area contributed by atoms with Crippen LogP contribution in [0.1, 0.15) is 23.4 Å². The molecule has 3 rings (SSSR count). The van der Waals surface area contributed by atoms with E-state index in [1.807, 2.05) is 41.8 Å². The fourth-order valence-electron chi connectivity index (χ4n) is 2.68. The lowest BCUT2D eigenvalue weighted by Crippen LogP contribution is -2.47. The molecule has 5 nitrogen and oxygen atoms in total. The second kappa shape index (κ2) is 6.93. The Kier molecular flexibility index (Phi) is 4.73. The van der Waals surface area contributed by atoms with E-state index in [1.54, 1.807) is 18.3 Å². The number of urea groups is 1. The van der Waals surface area contributed by atoms with Gasteiger partial charge in [0.15, 0.2) is 0 Å². The highest BCUT2D eigenvalue weighted by molar-refractivity contribution is 7.10. The highest BCUT2D eigenvalue weighted by Crippen LogP contribution is 2.26. The number of carbonyl (C=O) groups excluding carboxylic acids is 2. The molecule has 1 saturated heterocycles. The minimum absolute atomic E-state index is 0.0687. The van der Waals surface area contributed by atoms with Crippen molar-refractivity contribution in [1.29, 1.82) is 0 Å². The van der Waals surface area contributed by atoms with Crippen molar-refractivity contribution in [3.63, 3.8) is 0 Å². The third kappa shape index (κ3) is 3.43. The number of nitrogens with zero attached hydrogens (tertiary/aromatic N) is 1. The zero-order valence-corrected chi connectivity index (χ0v) is 13.7. The first kappa shape index (κ1) is 15.7. The van der Waals surface area contributed by atoms with Crippen molar-refractivity contribution in [2.45, 2.75) is 19.0 Å². The van der Waals surface area contributed by atoms with Gasteiger partial charge >= 0.3 is 6.03 Å². The Hall–Kier alpha value is -2.18. The van der Waals surface area contributed by atoms with Crippen LogP contribution in [0.3, 0.4) is 0 Å². The van der Waals surface area contributed by atoms with E-state index in [1.165, 1.54) is 4.90 Å². The number of benzene rings is 1. The minimum atomic E-state index is -0.453. The molecule has 0 radical (unpaired) electrons. The standard InChI is InChI=1S/C17H19N3O2S/c1-12(16(21)20-10-9-18-17(20)22)19-15(14-8-5-11-23-14)13-6-3-2-4-7-13/h2-8,11-12,15,19H,9-10H2,1H3,(H,18,22)/t12-,15-/m1/s1. The maximum absolute atomic E-state index is 12.5. The number of nitrogens with one attached hydrogen (secondary N) is 2. The Morgan fingerprint density at radius 2 is 2.04 bits per heavy atom. The van der Waals surface area contributed by atoms with Gasteiger partial charge in [-0.3, -0.25) is 15.0 Å². The molecule has 2 heterocycles. The molecule has 2 N–H and O–H groups in total. The van der Waals surface area contributed by atoms with Crippen molar-refractivity contribution >= 4 is 23.3 Å². The van der Waals surface area contributed by atoms with Crippen molar-refractivity contribution in [1.82, 2.24) is 15.5 Å². The summed E-state index contributed by atoms with van der Waals surface area (Å²) in [6.45, 7) is 2.75. The molecule has 0 bridgehead atoms. The summed E-state index contributed by atoms with van der Waals surface area (Å²) in [5, 5.41) is 8.05. The number of hydrogen-bond donors (Lipinski definition) is 2. The molecule has 1 aromatic carbocycles. The number of rotatable bonds is 5. The van der Waals surface area contributed by atoms with Crippen LogP contribution in [0.4, 0.5) is 4.79 Å². The monoisotopic (exact) mass is 329 g/mol. The number of thiophene rings is 1. The fraction of sp³-hybridized carbons (Fsp3) is 0.294. The summed E-state index contributed by atoms with van der Waals surface area (Å²) in [6, 6.07) is 13.2. The van der Waals surface area contributed by atoms with Crippen LogP contribution in [0.15, 0.2) is 47.8 Å². The molecule has 1 aliphatic heterocycles. The van der Waals surface area contributed by atoms with Crippen LogP contribution >= 0.6 is 11.3 Å². The van der Waals surface area contributed by atoms with Gasteiger partial charge in [0, 0.05) is 18.0 Å². The molecule has 120 valence electrons. The van der Waals surface area contributed by atoms with Gasteiger partial charge in [-0.15, -0.1) is 11.3 Å². The van der Waals surface area contributed by atoms with E-state index in [4.69, 9.17) is 0 Å². The number of imide groups is 1. The van der Waals surface area contributed by atoms with Crippen LogP contribution < -0.4 is 10.6 Å². The third-order valence-electron chi connectivity index (χ3n) is 3.87. The van der Waals surface area contributed by atoms with Gasteiger partial charge in [-0.05, 0) is 23.9 Å². The third-order valence-corrected chi connectivity index (χ3v) is 4.81. The predicted octanol–water partition coefficient (Wildman–Crippen LogP) is 2.37. The summed E-state index contributed by atoms with van der Waals surface area (Å²) in [7, 11) is 0. The van der Waals surface area contributed by atoms with Crippen molar-refractivity contribution in [3.8, 4) is 0 Å². The Labute approximate surface area is 139 Å². The van der Waals surface area contributed by atoms with Crippen LogP contribution in [0.2, 0.25) is 0 Å². The van der Waals surface area contributed by atoms with E-state index in [0.717, 1.165) is 10.4 Å². The fourth-order valence-corrected chi connectivity index (χ4v) is 3.49. The molecule has 1 fully saturated rings. The summed E-state index contributed by atoms with van der Waals surface area (Å²) in [5.74, 6) is -0.197. The Morgan fingerprint density at radius 3 is 2.65 bits per heavy atom. The lowest BCUT2D eigenvalue weighted by atomic mass is 10.0. The van der Waals surface area contributed by atoms with Gasteiger partial charge in [0.05, 0.1) is 12.1 Å². The smallest absolute Gasteiger partial charge is 0.324 e. The van der Waals surface area contributed by atoms with Crippen molar-refractivity contribution in [3.05, 3.63) is 58.3 Å². The first-order chi connectivity index (χ1) is 11.2. The van der Waals surface area contributed by atoms with Crippen LogP contribution in [0.5, 0.6) is 0 Å². The molecule has 23 heavy (non-hydrogen) atoms. The summed E-state index contributed by atoms with van der Waals surface area (Å²) in [6.07, 6.45) is 0. The first-order valence-electron chi connectivity index (χ1n) is 7.60. The predicted molar refractivity (Wildman–Crippen MR) is 90.3 cm³/mol. The number of amides is 3. The van der Waals surface area contributed by atoms with Crippen LogP contribution in [-0.4, -0.2) is 36.0 Å². The molecule has 6 heteroatoms. The minimum Gasteiger partial charge on any atom is -0.336 e. The summed E-state index contributed by atoms with van der Waals surface area (Å²) in [4.78, 5) is 26.6. The maximum Gasteiger partial charge on any atom is 0.324 e. The van der Waals surface area contributed by atoms with Crippen LogP contribution in [0, 0.1) is 0 Å². The zero-order valence-electron chi connectivity index (χ0n) is 12.9. The van der Waals surface area contributed by atoms with Gasteiger partial charge in [-0.1, -0.05) is 36.4 Å². The zero-order chi connectivity index (χ0) is 16.2. The van der Waals surface area contributed by atoms with Gasteiger partial charge in [-0.2, -0.15) is 0 Å². The van der Waals surface area contributed by atoms with Gasteiger partial charge in [0.25, 0.3) is 0 Å². The molecule has 2 aromatic rings. The van der Waals surface area contributed by atoms with E-state index < -0.39 is 6.04 Å². The summed E-state index contributed by atoms with van der Waals surface area (Å²) < 4.78 is 0. The molecular formula is C17H19N3O2S. The molecule has 0 unspecified atom stereocenters. The Balaban J connectivity index is 1.79. The van der Waals surface area contributed by atoms with Gasteiger partial charge < -0.3 is 5.32 Å². The first-order valence-corrected chi connectivity index (χ1v) is 8.48. The van der Waals surface area contributed by atoms with Gasteiger partial charge in [-0.25, -0.2) is 4.79 Å². The molecule has 1 aromatic heterocycles. The van der Waals surface area contributed by atoms with Gasteiger partial charge in [0.2, 0.25) is 5.91 Å².